The van der Waals surface area contributed by atoms with Crippen molar-refractivity contribution in [2.24, 2.45) is 11.8 Å². The van der Waals surface area contributed by atoms with Gasteiger partial charge in [-0.25, -0.2) is 0 Å². The van der Waals surface area contributed by atoms with Crippen LogP contribution in [-0.4, -0.2) is 39.9 Å². The van der Waals surface area contributed by atoms with Crippen LogP contribution in [0.1, 0.15) is 71.0 Å². The van der Waals surface area contributed by atoms with Crippen LogP contribution in [0.4, 0.5) is 13.2 Å². The van der Waals surface area contributed by atoms with Crippen molar-refractivity contribution in [2.45, 2.75) is 83.3 Å². The Bertz CT molecular complexity index is 1020. The average Bonchev–Trinajstić information content (AvgIpc) is 3.45. The van der Waals surface area contributed by atoms with Gasteiger partial charge in [0.1, 0.15) is 11.4 Å². The molecule has 0 spiro atoms. The van der Waals surface area contributed by atoms with Crippen LogP contribution in [0, 0.1) is 17.2 Å². The molecule has 2 fully saturated rings. The van der Waals surface area contributed by atoms with Crippen molar-refractivity contribution in [1.29, 1.82) is 5.41 Å². The molecular formula is C24H31F3N4O3. The van der Waals surface area contributed by atoms with E-state index in [1.165, 1.54) is 11.0 Å². The van der Waals surface area contributed by atoms with Crippen LogP contribution in [0.5, 0.6) is 5.75 Å². The number of amides is 2. The standard InChI is InChI=1S/C24H31F3N4O3/c1-12(31-19(32)11-22(2,3)30-21(31)28)14-9-15(14)20(33)29-17-10-23(4,5)34-18-7-6-13(8-16(17)18)24(25,26)27/h6-8,12,14-15,17H,9-11H2,1-5H3,(H2,28,30)(H,29,33)/t12-,14+,15-,17?/m1/s1. The van der Waals surface area contributed by atoms with Crippen molar-refractivity contribution >= 4 is 17.8 Å². The monoisotopic (exact) mass is 480 g/mol. The minimum atomic E-state index is -4.50. The molecule has 3 aliphatic rings. The lowest BCUT2D eigenvalue weighted by atomic mass is 9.88. The minimum Gasteiger partial charge on any atom is -0.487 e. The highest BCUT2D eigenvalue weighted by molar-refractivity contribution is 5.99. The molecule has 1 aliphatic carbocycles. The van der Waals surface area contributed by atoms with Crippen molar-refractivity contribution in [3.8, 4) is 5.75 Å². The maximum Gasteiger partial charge on any atom is 0.416 e. The molecule has 1 saturated carbocycles. The summed E-state index contributed by atoms with van der Waals surface area (Å²) < 4.78 is 45.7. The predicted molar refractivity (Wildman–Crippen MR) is 119 cm³/mol. The predicted octanol–water partition coefficient (Wildman–Crippen LogP) is 3.98. The van der Waals surface area contributed by atoms with Gasteiger partial charge in [0, 0.05) is 35.9 Å². The Morgan fingerprint density at radius 1 is 1.29 bits per heavy atom. The van der Waals surface area contributed by atoms with Gasteiger partial charge in [-0.1, -0.05) is 0 Å². The number of nitrogens with one attached hydrogen (secondary N) is 3. The second-order valence-corrected chi connectivity index (χ2v) is 10.9. The maximum absolute atomic E-state index is 13.3. The number of carbonyl (C=O) groups excluding carboxylic acids is 2. The molecule has 2 heterocycles. The zero-order chi connectivity index (χ0) is 25.2. The molecular weight excluding hydrogens is 449 g/mol. The van der Waals surface area contributed by atoms with Crippen LogP contribution in [0.2, 0.25) is 0 Å². The van der Waals surface area contributed by atoms with Gasteiger partial charge in [-0.2, -0.15) is 13.2 Å². The molecule has 1 aromatic carbocycles. The number of carbonyl (C=O) groups is 2. The summed E-state index contributed by atoms with van der Waals surface area (Å²) in [6.07, 6.45) is -3.37. The van der Waals surface area contributed by atoms with Crippen molar-refractivity contribution in [3.63, 3.8) is 0 Å². The van der Waals surface area contributed by atoms with Crippen molar-refractivity contribution < 1.29 is 27.5 Å². The van der Waals surface area contributed by atoms with Gasteiger partial charge < -0.3 is 15.4 Å². The number of ether oxygens (including phenoxy) is 1. The van der Waals surface area contributed by atoms with E-state index in [9.17, 15) is 22.8 Å². The molecule has 2 aliphatic heterocycles. The van der Waals surface area contributed by atoms with E-state index in [0.717, 1.165) is 12.1 Å². The molecule has 3 N–H and O–H groups in total. The fourth-order valence-corrected chi connectivity index (χ4v) is 5.12. The molecule has 7 nitrogen and oxygen atoms in total. The van der Waals surface area contributed by atoms with E-state index in [1.54, 1.807) is 0 Å². The van der Waals surface area contributed by atoms with E-state index in [-0.39, 0.29) is 42.1 Å². The van der Waals surface area contributed by atoms with Crippen LogP contribution < -0.4 is 15.4 Å². The van der Waals surface area contributed by atoms with Crippen molar-refractivity contribution in [2.75, 3.05) is 0 Å². The normalized spacial score (nSPS) is 28.4. The number of fused-ring (bicyclic) bond motifs is 1. The number of hydrogen-bond acceptors (Lipinski definition) is 4. The second-order valence-electron chi connectivity index (χ2n) is 10.9. The number of alkyl halides is 3. The number of hydrogen-bond donors (Lipinski definition) is 3. The lowest BCUT2D eigenvalue weighted by molar-refractivity contribution is -0.137. The van der Waals surface area contributed by atoms with Crippen LogP contribution in [0.15, 0.2) is 18.2 Å². The zero-order valence-electron chi connectivity index (χ0n) is 20.0. The Labute approximate surface area is 196 Å². The number of benzene rings is 1. The molecule has 1 saturated heterocycles. The van der Waals surface area contributed by atoms with Crippen molar-refractivity contribution in [1.82, 2.24) is 15.5 Å². The van der Waals surface area contributed by atoms with E-state index >= 15 is 0 Å². The largest absolute Gasteiger partial charge is 0.487 e. The number of halogens is 3. The van der Waals surface area contributed by atoms with Crippen LogP contribution >= 0.6 is 0 Å². The van der Waals surface area contributed by atoms with E-state index < -0.39 is 28.9 Å². The average molecular weight is 481 g/mol. The Kier molecular flexibility index (Phi) is 5.64. The Hall–Kier alpha value is -2.78. The third kappa shape index (κ3) is 4.72. The lowest BCUT2D eigenvalue weighted by Crippen LogP contribution is -2.62. The Morgan fingerprint density at radius 3 is 2.59 bits per heavy atom. The molecule has 0 radical (unpaired) electrons. The summed E-state index contributed by atoms with van der Waals surface area (Å²) in [5, 5.41) is 14.2. The molecule has 10 heteroatoms. The first-order chi connectivity index (χ1) is 15.6. The summed E-state index contributed by atoms with van der Waals surface area (Å²) in [5.41, 5.74) is -1.63. The van der Waals surface area contributed by atoms with Crippen LogP contribution in [0.25, 0.3) is 0 Å². The molecule has 34 heavy (non-hydrogen) atoms. The van der Waals surface area contributed by atoms with Crippen LogP contribution in [-0.2, 0) is 15.8 Å². The fourth-order valence-electron chi connectivity index (χ4n) is 5.12. The molecule has 0 bridgehead atoms. The first kappa shape index (κ1) is 24.3. The highest BCUT2D eigenvalue weighted by atomic mass is 19.4. The summed E-state index contributed by atoms with van der Waals surface area (Å²) in [4.78, 5) is 27.1. The van der Waals surface area contributed by atoms with Gasteiger partial charge in [-0.05, 0) is 65.2 Å². The first-order valence-corrected chi connectivity index (χ1v) is 11.5. The highest BCUT2D eigenvalue weighted by Crippen LogP contribution is 2.46. The fraction of sp³-hybridized carbons (Fsp3) is 0.625. The smallest absolute Gasteiger partial charge is 0.416 e. The first-order valence-electron chi connectivity index (χ1n) is 11.5. The van der Waals surface area contributed by atoms with Gasteiger partial charge in [0.05, 0.1) is 11.6 Å². The second kappa shape index (κ2) is 7.88. The van der Waals surface area contributed by atoms with E-state index in [0.29, 0.717) is 24.2 Å². The van der Waals surface area contributed by atoms with Gasteiger partial charge in [0.25, 0.3) is 0 Å². The van der Waals surface area contributed by atoms with Gasteiger partial charge in [-0.15, -0.1) is 0 Å². The lowest BCUT2D eigenvalue weighted by Gasteiger charge is -2.41. The summed E-state index contributed by atoms with van der Waals surface area (Å²) in [7, 11) is 0. The molecule has 1 unspecified atom stereocenters. The number of guanidine groups is 1. The molecule has 2 amide bonds. The Morgan fingerprint density at radius 2 is 1.97 bits per heavy atom. The molecule has 4 atom stereocenters. The van der Waals surface area contributed by atoms with Gasteiger partial charge >= 0.3 is 6.18 Å². The molecule has 4 rings (SSSR count). The van der Waals surface area contributed by atoms with Gasteiger partial charge in [-0.3, -0.25) is 19.9 Å². The Balaban J connectivity index is 1.48. The highest BCUT2D eigenvalue weighted by Gasteiger charge is 2.51. The van der Waals surface area contributed by atoms with Crippen LogP contribution in [0.3, 0.4) is 0 Å². The molecule has 1 aromatic rings. The molecule has 0 aromatic heterocycles. The third-order valence-corrected chi connectivity index (χ3v) is 6.87. The minimum absolute atomic E-state index is 0.0274. The van der Waals surface area contributed by atoms with E-state index in [2.05, 4.69) is 10.6 Å². The summed E-state index contributed by atoms with van der Waals surface area (Å²) in [6.45, 7) is 9.19. The third-order valence-electron chi connectivity index (χ3n) is 6.87. The summed E-state index contributed by atoms with van der Waals surface area (Å²) >= 11 is 0. The number of nitrogens with zero attached hydrogens (tertiary/aromatic N) is 1. The number of rotatable bonds is 4. The molecule has 186 valence electrons. The SMILES string of the molecule is C[C@H]([C@@H]1C[C@H]1C(=O)NC1CC(C)(C)Oc2ccc(C(F)(F)F)cc21)N1C(=N)NC(C)(C)CC1=O. The van der Waals surface area contributed by atoms with E-state index in [4.69, 9.17) is 10.1 Å². The summed E-state index contributed by atoms with van der Waals surface area (Å²) in [5.74, 6) is -0.554. The topological polar surface area (TPSA) is 94.5 Å². The quantitative estimate of drug-likeness (QED) is 0.608. The zero-order valence-corrected chi connectivity index (χ0v) is 20.0. The van der Waals surface area contributed by atoms with Crippen molar-refractivity contribution in [3.05, 3.63) is 29.3 Å². The van der Waals surface area contributed by atoms with Gasteiger partial charge in [0.2, 0.25) is 11.8 Å². The maximum atomic E-state index is 13.3. The summed E-state index contributed by atoms with van der Waals surface area (Å²) in [6, 6.07) is 2.38. The van der Waals surface area contributed by atoms with E-state index in [1.807, 2.05) is 34.6 Å². The van der Waals surface area contributed by atoms with Gasteiger partial charge in [0.15, 0.2) is 5.96 Å².